The molecular formula is C39H73N5O5. The zero-order valence-corrected chi connectivity index (χ0v) is 31.8. The van der Waals surface area contributed by atoms with E-state index in [1.54, 1.807) is 0 Å². The van der Waals surface area contributed by atoms with E-state index in [4.69, 9.17) is 16.2 Å². The lowest BCUT2D eigenvalue weighted by atomic mass is 9.43. The molecule has 49 heavy (non-hydrogen) atoms. The van der Waals surface area contributed by atoms with Crippen LogP contribution in [0.1, 0.15) is 112 Å². The quantitative estimate of drug-likeness (QED) is 0.0931. The summed E-state index contributed by atoms with van der Waals surface area (Å²) in [5, 5.41) is 30.7. The Morgan fingerprint density at radius 2 is 1.61 bits per heavy atom. The molecule has 0 aromatic carbocycles. The minimum Gasteiger partial charge on any atom is -0.467 e. The van der Waals surface area contributed by atoms with Crippen molar-refractivity contribution in [2.45, 2.75) is 136 Å². The van der Waals surface area contributed by atoms with Gasteiger partial charge < -0.3 is 42.0 Å². The molecule has 4 aliphatic carbocycles. The van der Waals surface area contributed by atoms with Crippen LogP contribution in [0.3, 0.4) is 0 Å². The Hall–Kier alpha value is -1.30. The summed E-state index contributed by atoms with van der Waals surface area (Å²) >= 11 is 0. The van der Waals surface area contributed by atoms with Gasteiger partial charge in [-0.15, -0.1) is 0 Å². The van der Waals surface area contributed by atoms with Gasteiger partial charge in [0.25, 0.3) is 0 Å². The summed E-state index contributed by atoms with van der Waals surface area (Å²) in [5.74, 6) is 1.26. The van der Waals surface area contributed by atoms with Gasteiger partial charge >= 0.3 is 5.97 Å². The van der Waals surface area contributed by atoms with E-state index in [1.807, 2.05) is 13.8 Å². The molecular weight excluding hydrogens is 618 g/mol. The van der Waals surface area contributed by atoms with Gasteiger partial charge in [0.2, 0.25) is 5.91 Å². The third kappa shape index (κ3) is 9.02. The highest BCUT2D eigenvalue weighted by molar-refractivity contribution is 5.84. The van der Waals surface area contributed by atoms with E-state index in [0.29, 0.717) is 36.6 Å². The fourth-order valence-electron chi connectivity index (χ4n) is 11.3. The Balaban J connectivity index is 1.33. The van der Waals surface area contributed by atoms with E-state index in [1.165, 1.54) is 7.11 Å². The number of carbonyl (C=O) groups excluding carboxylic acids is 2. The molecule has 4 aliphatic rings. The minimum absolute atomic E-state index is 0.0526. The molecule has 4 saturated carbocycles. The maximum absolute atomic E-state index is 12.9. The number of fused-ring (bicyclic) bond motifs is 5. The van der Waals surface area contributed by atoms with Crippen molar-refractivity contribution in [3.63, 3.8) is 0 Å². The Bertz CT molecular complexity index is 1050. The van der Waals surface area contributed by atoms with Gasteiger partial charge in [-0.3, -0.25) is 4.79 Å². The van der Waals surface area contributed by atoms with Crippen LogP contribution in [0.5, 0.6) is 0 Å². The van der Waals surface area contributed by atoms with Crippen molar-refractivity contribution in [3.8, 4) is 0 Å². The summed E-state index contributed by atoms with van der Waals surface area (Å²) in [7, 11) is 1.35. The topological polar surface area (TPSA) is 163 Å². The number of hydrogen-bond donors (Lipinski definition) is 6. The number of carbonyl (C=O) groups is 2. The monoisotopic (exact) mass is 692 g/mol. The average molecular weight is 692 g/mol. The van der Waals surface area contributed by atoms with Crippen molar-refractivity contribution in [2.24, 2.45) is 63.7 Å². The number of aliphatic hydroxyl groups excluding tert-OH is 2. The average Bonchev–Trinajstić information content (AvgIpc) is 3.44. The Morgan fingerprint density at radius 3 is 2.24 bits per heavy atom. The predicted molar refractivity (Wildman–Crippen MR) is 195 cm³/mol. The van der Waals surface area contributed by atoms with Crippen molar-refractivity contribution in [3.05, 3.63) is 0 Å². The fraction of sp³-hybridized carbons (Fsp3) is 0.949. The third-order valence-corrected chi connectivity index (χ3v) is 14.3. The summed E-state index contributed by atoms with van der Waals surface area (Å²) in [6.45, 7) is 16.4. The van der Waals surface area contributed by atoms with Crippen LogP contribution in [0.4, 0.5) is 0 Å². The zero-order chi connectivity index (χ0) is 35.9. The Morgan fingerprint density at radius 1 is 0.939 bits per heavy atom. The molecule has 284 valence electrons. The number of esters is 1. The van der Waals surface area contributed by atoms with Gasteiger partial charge in [0.05, 0.1) is 19.3 Å². The first kappa shape index (κ1) is 40.5. The molecule has 8 N–H and O–H groups in total. The fourth-order valence-corrected chi connectivity index (χ4v) is 11.3. The molecule has 10 heteroatoms. The standard InChI is InChI=1S/C39H73N5O5/c1-25(2)36(37(48)49-6)43-34(47)13-10-26(3)29-11-12-30-35-31(24-33(46)39(29,30)5)38(4)15-14-28(22-27(38)23-32(35)45)42-18-9-21-44(19-7-16-40)20-8-17-41/h25-33,35-36,42,45-46H,7-24,40-41H2,1-6H3,(H,43,47)/t26-,27+,28+,29-,30?,31?,32-,33+,35?,36-,38+,39-/m1/s1. The number of nitrogens with one attached hydrogen (secondary N) is 2. The largest absolute Gasteiger partial charge is 0.467 e. The van der Waals surface area contributed by atoms with E-state index in [0.717, 1.165) is 103 Å². The summed E-state index contributed by atoms with van der Waals surface area (Å²) in [5.41, 5.74) is 11.4. The lowest BCUT2D eigenvalue weighted by Gasteiger charge is -2.63. The summed E-state index contributed by atoms with van der Waals surface area (Å²) in [6, 6.07) is -0.157. The van der Waals surface area contributed by atoms with Crippen molar-refractivity contribution in [1.82, 2.24) is 15.5 Å². The van der Waals surface area contributed by atoms with Crippen LogP contribution < -0.4 is 22.1 Å². The number of amides is 1. The highest BCUT2D eigenvalue weighted by atomic mass is 16.5. The van der Waals surface area contributed by atoms with Crippen LogP contribution in [-0.2, 0) is 14.3 Å². The molecule has 12 atom stereocenters. The van der Waals surface area contributed by atoms with Gasteiger partial charge in [-0.1, -0.05) is 34.6 Å². The first-order valence-electron chi connectivity index (χ1n) is 19.9. The third-order valence-electron chi connectivity index (χ3n) is 14.3. The van der Waals surface area contributed by atoms with Crippen LogP contribution in [0, 0.1) is 52.3 Å². The summed E-state index contributed by atoms with van der Waals surface area (Å²) in [6.07, 6.45) is 10.6. The Kier molecular flexibility index (Phi) is 14.8. The molecule has 0 saturated heterocycles. The molecule has 0 spiro atoms. The molecule has 0 heterocycles. The molecule has 0 aromatic rings. The SMILES string of the molecule is COC(=O)[C@H](NC(=O)CC[C@@H](C)[C@H]1CCC2C3C(C[C@H](O)[C@@]21C)[C@@]1(C)CC[C@H](NCCCN(CCCN)CCCN)C[C@H]1C[C@H]3O)C(C)C. The molecule has 3 unspecified atom stereocenters. The second kappa shape index (κ2) is 18.0. The molecule has 1 amide bonds. The van der Waals surface area contributed by atoms with Crippen LogP contribution in [-0.4, -0.2) is 97.7 Å². The molecule has 4 fully saturated rings. The maximum atomic E-state index is 12.9. The van der Waals surface area contributed by atoms with Gasteiger partial charge in [0.1, 0.15) is 6.04 Å². The van der Waals surface area contributed by atoms with Gasteiger partial charge in [0, 0.05) is 12.5 Å². The van der Waals surface area contributed by atoms with Crippen molar-refractivity contribution in [2.75, 3.05) is 46.4 Å². The van der Waals surface area contributed by atoms with E-state index < -0.39 is 18.1 Å². The van der Waals surface area contributed by atoms with Crippen LogP contribution >= 0.6 is 0 Å². The zero-order valence-electron chi connectivity index (χ0n) is 31.8. The van der Waals surface area contributed by atoms with Crippen LogP contribution in [0.15, 0.2) is 0 Å². The normalized spacial score (nSPS) is 36.9. The number of hydrogen-bond acceptors (Lipinski definition) is 9. The molecule has 4 rings (SSSR count). The lowest BCUT2D eigenvalue weighted by Crippen LogP contribution is -2.62. The Labute approximate surface area is 297 Å². The van der Waals surface area contributed by atoms with E-state index in [9.17, 15) is 19.8 Å². The molecule has 0 bridgehead atoms. The van der Waals surface area contributed by atoms with Gasteiger partial charge in [-0.25, -0.2) is 4.79 Å². The summed E-state index contributed by atoms with van der Waals surface area (Å²) < 4.78 is 4.90. The second-order valence-electron chi connectivity index (χ2n) is 17.3. The van der Waals surface area contributed by atoms with E-state index >= 15 is 0 Å². The van der Waals surface area contributed by atoms with Gasteiger partial charge in [-0.2, -0.15) is 0 Å². The van der Waals surface area contributed by atoms with Crippen molar-refractivity contribution < 1.29 is 24.5 Å². The number of ether oxygens (including phenoxy) is 1. The van der Waals surface area contributed by atoms with Gasteiger partial charge in [-0.05, 0) is 162 Å². The highest BCUT2D eigenvalue weighted by Gasteiger charge is 2.65. The first-order chi connectivity index (χ1) is 23.3. The van der Waals surface area contributed by atoms with Crippen LogP contribution in [0.25, 0.3) is 0 Å². The highest BCUT2D eigenvalue weighted by Crippen LogP contribution is 2.68. The smallest absolute Gasteiger partial charge is 0.328 e. The number of rotatable bonds is 18. The molecule has 0 aromatic heterocycles. The van der Waals surface area contributed by atoms with Crippen molar-refractivity contribution >= 4 is 11.9 Å². The van der Waals surface area contributed by atoms with E-state index in [-0.39, 0.29) is 46.5 Å². The maximum Gasteiger partial charge on any atom is 0.328 e. The number of methoxy groups -OCH3 is 1. The molecule has 0 radical (unpaired) electrons. The minimum atomic E-state index is -0.642. The second-order valence-corrected chi connectivity index (χ2v) is 17.3. The van der Waals surface area contributed by atoms with E-state index in [2.05, 4.69) is 36.3 Å². The van der Waals surface area contributed by atoms with Crippen LogP contribution in [0.2, 0.25) is 0 Å². The summed E-state index contributed by atoms with van der Waals surface area (Å²) in [4.78, 5) is 27.6. The van der Waals surface area contributed by atoms with Gasteiger partial charge in [0.15, 0.2) is 0 Å². The first-order valence-corrected chi connectivity index (χ1v) is 19.9. The number of nitrogens with two attached hydrogens (primary N) is 2. The number of nitrogens with zero attached hydrogens (tertiary/aromatic N) is 1. The molecule has 0 aliphatic heterocycles. The lowest BCUT2D eigenvalue weighted by molar-refractivity contribution is -0.202. The number of aliphatic hydroxyl groups is 2. The predicted octanol–water partition coefficient (Wildman–Crippen LogP) is 3.66. The molecule has 10 nitrogen and oxygen atoms in total. The van der Waals surface area contributed by atoms with Crippen molar-refractivity contribution in [1.29, 1.82) is 0 Å².